The molecule has 0 saturated heterocycles. The Morgan fingerprint density at radius 2 is 1.94 bits per heavy atom. The van der Waals surface area contributed by atoms with Gasteiger partial charge in [0.1, 0.15) is 0 Å². The van der Waals surface area contributed by atoms with Crippen LogP contribution < -0.4 is 0 Å². The fourth-order valence-corrected chi connectivity index (χ4v) is 3.72. The van der Waals surface area contributed by atoms with Gasteiger partial charge < -0.3 is 13.3 Å². The number of hydrogen-bond acceptors (Lipinski definition) is 3. The molecule has 88 valence electrons. The molecule has 0 N–H and O–H groups in total. The highest BCUT2D eigenvalue weighted by Gasteiger charge is 2.42. The molecule has 2 aliphatic carbocycles. The van der Waals surface area contributed by atoms with Gasteiger partial charge in [0.2, 0.25) is 0 Å². The van der Waals surface area contributed by atoms with E-state index in [0.29, 0.717) is 0 Å². The van der Waals surface area contributed by atoms with E-state index in [1.54, 1.807) is 21.3 Å². The Bertz CT molecular complexity index is 343. The minimum absolute atomic E-state index is 0.0680. The first-order valence-corrected chi connectivity index (χ1v) is 7.29. The summed E-state index contributed by atoms with van der Waals surface area (Å²) in [5, 5.41) is 0. The molecule has 0 aromatic carbocycles. The Morgan fingerprint density at radius 1 is 1.25 bits per heavy atom. The number of fused-ring (bicyclic) bond motifs is 2. The third-order valence-corrected chi connectivity index (χ3v) is 5.59. The molecule has 2 rings (SSSR count). The third-order valence-electron chi connectivity index (χ3n) is 3.55. The van der Waals surface area contributed by atoms with Crippen molar-refractivity contribution < 1.29 is 13.3 Å². The van der Waals surface area contributed by atoms with Crippen LogP contribution in [0.4, 0.5) is 0 Å². The molecule has 0 heterocycles. The quantitative estimate of drug-likeness (QED) is 0.426. The SMILES string of the molecule is CO[Si](C#CC12C=CC(CC1)C2)(OC)OC. The number of allylic oxidation sites excluding steroid dienone is 2. The molecule has 2 bridgehead atoms. The Morgan fingerprint density at radius 3 is 2.31 bits per heavy atom. The molecular formula is C12H18O3Si. The van der Waals surface area contributed by atoms with Crippen molar-refractivity contribution in [3.05, 3.63) is 12.2 Å². The van der Waals surface area contributed by atoms with E-state index >= 15 is 0 Å². The second-order valence-electron chi connectivity index (χ2n) is 4.44. The maximum Gasteiger partial charge on any atom is 0.590 e. The summed E-state index contributed by atoms with van der Waals surface area (Å²) in [7, 11) is 2.05. The maximum absolute atomic E-state index is 5.30. The van der Waals surface area contributed by atoms with Gasteiger partial charge in [0.25, 0.3) is 0 Å². The van der Waals surface area contributed by atoms with Crippen LogP contribution in [0, 0.1) is 22.8 Å². The second kappa shape index (κ2) is 4.34. The fraction of sp³-hybridized carbons (Fsp3) is 0.667. The molecule has 0 amide bonds. The normalized spacial score (nSPS) is 31.6. The molecule has 2 aliphatic rings. The van der Waals surface area contributed by atoms with Crippen molar-refractivity contribution in [2.24, 2.45) is 11.3 Å². The average molecular weight is 238 g/mol. The van der Waals surface area contributed by atoms with Gasteiger partial charge in [-0.1, -0.05) is 18.1 Å². The Kier molecular flexibility index (Phi) is 3.22. The van der Waals surface area contributed by atoms with Gasteiger partial charge in [-0.05, 0) is 30.7 Å². The van der Waals surface area contributed by atoms with Crippen LogP contribution in [0.2, 0.25) is 0 Å². The first-order valence-electron chi connectivity index (χ1n) is 5.57. The summed E-state index contributed by atoms with van der Waals surface area (Å²) in [5.74, 6) is 4.06. The van der Waals surface area contributed by atoms with Crippen LogP contribution >= 0.6 is 0 Å². The summed E-state index contributed by atoms with van der Waals surface area (Å²) in [6.45, 7) is 0. The average Bonchev–Trinajstić information content (AvgIpc) is 2.92. The molecule has 0 aromatic heterocycles. The summed E-state index contributed by atoms with van der Waals surface area (Å²) >= 11 is 0. The van der Waals surface area contributed by atoms with E-state index in [1.165, 1.54) is 6.42 Å². The predicted octanol–water partition coefficient (Wildman–Crippen LogP) is 1.76. The lowest BCUT2D eigenvalue weighted by Crippen LogP contribution is -2.42. The third kappa shape index (κ3) is 1.96. The van der Waals surface area contributed by atoms with Crippen LogP contribution in [-0.4, -0.2) is 30.1 Å². The first kappa shape index (κ1) is 11.9. The fourth-order valence-electron chi connectivity index (χ4n) is 2.51. The van der Waals surface area contributed by atoms with Gasteiger partial charge in [-0.25, -0.2) is 0 Å². The molecule has 3 nitrogen and oxygen atoms in total. The van der Waals surface area contributed by atoms with Crippen LogP contribution in [0.15, 0.2) is 12.2 Å². The van der Waals surface area contributed by atoms with Gasteiger partial charge in [-0.15, -0.1) is 0 Å². The van der Waals surface area contributed by atoms with Crippen molar-refractivity contribution in [3.8, 4) is 11.5 Å². The van der Waals surface area contributed by atoms with E-state index in [-0.39, 0.29) is 5.41 Å². The Hall–Kier alpha value is -0.603. The van der Waals surface area contributed by atoms with Crippen LogP contribution in [0.1, 0.15) is 19.3 Å². The van der Waals surface area contributed by atoms with Crippen LogP contribution in [-0.2, 0) is 13.3 Å². The van der Waals surface area contributed by atoms with E-state index in [9.17, 15) is 0 Å². The molecule has 2 atom stereocenters. The van der Waals surface area contributed by atoms with Crippen molar-refractivity contribution in [1.82, 2.24) is 0 Å². The summed E-state index contributed by atoms with van der Waals surface area (Å²) in [6, 6.07) is 0. The highest BCUT2D eigenvalue weighted by Crippen LogP contribution is 2.48. The van der Waals surface area contributed by atoms with Gasteiger partial charge in [-0.2, -0.15) is 0 Å². The molecule has 0 spiro atoms. The van der Waals surface area contributed by atoms with E-state index in [1.807, 2.05) is 0 Å². The second-order valence-corrected chi connectivity index (χ2v) is 7.02. The highest BCUT2D eigenvalue weighted by atomic mass is 28.4. The molecule has 0 radical (unpaired) electrons. The standard InChI is InChI=1S/C12H18O3Si/c1-13-16(14-2,15-3)9-8-12-6-4-11(10-12)5-7-12/h4,6,11H,5,7,10H2,1-3H3. The predicted molar refractivity (Wildman–Crippen MR) is 63.5 cm³/mol. The Labute approximate surface area is 98.1 Å². The lowest BCUT2D eigenvalue weighted by atomic mass is 9.89. The number of rotatable bonds is 3. The monoisotopic (exact) mass is 238 g/mol. The molecule has 2 unspecified atom stereocenters. The zero-order valence-electron chi connectivity index (χ0n) is 10.1. The maximum atomic E-state index is 5.30. The topological polar surface area (TPSA) is 27.7 Å². The lowest BCUT2D eigenvalue weighted by molar-refractivity contribution is 0.141. The molecule has 0 aromatic rings. The lowest BCUT2D eigenvalue weighted by Gasteiger charge is -2.20. The van der Waals surface area contributed by atoms with Gasteiger partial charge in [0, 0.05) is 26.7 Å². The molecular weight excluding hydrogens is 220 g/mol. The van der Waals surface area contributed by atoms with Crippen molar-refractivity contribution in [2.45, 2.75) is 19.3 Å². The summed E-state index contributed by atoms with van der Waals surface area (Å²) in [6.07, 6.45) is 8.10. The Balaban J connectivity index is 2.17. The zero-order chi connectivity index (χ0) is 11.6. The van der Waals surface area contributed by atoms with Crippen molar-refractivity contribution in [1.29, 1.82) is 0 Å². The van der Waals surface area contributed by atoms with E-state index in [4.69, 9.17) is 13.3 Å². The van der Waals surface area contributed by atoms with Crippen LogP contribution in [0.3, 0.4) is 0 Å². The smallest absolute Gasteiger partial charge is 0.367 e. The zero-order valence-corrected chi connectivity index (χ0v) is 11.1. The van der Waals surface area contributed by atoms with Gasteiger partial charge in [0.15, 0.2) is 0 Å². The molecule has 1 saturated carbocycles. The van der Waals surface area contributed by atoms with Crippen LogP contribution in [0.5, 0.6) is 0 Å². The van der Waals surface area contributed by atoms with Gasteiger partial charge in [-0.3, -0.25) is 0 Å². The summed E-state index contributed by atoms with van der Waals surface area (Å²) < 4.78 is 15.9. The number of hydrogen-bond donors (Lipinski definition) is 0. The van der Waals surface area contributed by atoms with E-state index < -0.39 is 8.80 Å². The first-order chi connectivity index (χ1) is 7.67. The van der Waals surface area contributed by atoms with Gasteiger partial charge >= 0.3 is 8.80 Å². The minimum atomic E-state index is -2.72. The minimum Gasteiger partial charge on any atom is -0.367 e. The largest absolute Gasteiger partial charge is 0.590 e. The highest BCUT2D eigenvalue weighted by molar-refractivity contribution is 6.69. The summed E-state index contributed by atoms with van der Waals surface area (Å²) in [4.78, 5) is 0. The van der Waals surface area contributed by atoms with Crippen LogP contribution in [0.25, 0.3) is 0 Å². The molecule has 4 heteroatoms. The van der Waals surface area contributed by atoms with Crippen molar-refractivity contribution in [3.63, 3.8) is 0 Å². The van der Waals surface area contributed by atoms with E-state index in [0.717, 1.165) is 18.8 Å². The summed E-state index contributed by atoms with van der Waals surface area (Å²) in [5.41, 5.74) is 3.18. The van der Waals surface area contributed by atoms with Crippen molar-refractivity contribution >= 4 is 8.80 Å². The van der Waals surface area contributed by atoms with Gasteiger partial charge in [0.05, 0.1) is 0 Å². The molecule has 0 aliphatic heterocycles. The van der Waals surface area contributed by atoms with Crippen molar-refractivity contribution in [2.75, 3.05) is 21.3 Å². The van der Waals surface area contributed by atoms with E-state index in [2.05, 4.69) is 23.6 Å². The molecule has 1 fully saturated rings. The molecule has 16 heavy (non-hydrogen) atoms.